The monoisotopic (exact) mass is 505 g/mol. The van der Waals surface area contributed by atoms with Crippen molar-refractivity contribution in [1.29, 1.82) is 0 Å². The molecule has 1 N–H and O–H groups in total. The average Bonchev–Trinajstić information content (AvgIpc) is 3.26. The van der Waals surface area contributed by atoms with E-state index in [0.29, 0.717) is 22.5 Å². The summed E-state index contributed by atoms with van der Waals surface area (Å²) >= 11 is 0. The van der Waals surface area contributed by atoms with Gasteiger partial charge in [0.2, 0.25) is 10.0 Å². The third kappa shape index (κ3) is 4.95. The Morgan fingerprint density at radius 3 is 2.18 bits per heavy atom. The summed E-state index contributed by atoms with van der Waals surface area (Å²) in [6.45, 7) is 1.51. The van der Waals surface area contributed by atoms with Crippen LogP contribution in [0.2, 0.25) is 0 Å². The number of hydrogen-bond acceptors (Lipinski definition) is 5. The summed E-state index contributed by atoms with van der Waals surface area (Å²) in [6, 6.07) is 15.5. The minimum atomic E-state index is -4.17. The van der Waals surface area contributed by atoms with Crippen molar-refractivity contribution >= 4 is 31.4 Å². The first-order valence-corrected chi connectivity index (χ1v) is 13.4. The normalized spacial score (nSPS) is 16.4. The van der Waals surface area contributed by atoms with E-state index in [4.69, 9.17) is 0 Å². The van der Waals surface area contributed by atoms with Gasteiger partial charge in [0.15, 0.2) is 0 Å². The summed E-state index contributed by atoms with van der Waals surface area (Å²) < 4.78 is 81.0. The van der Waals surface area contributed by atoms with E-state index in [9.17, 15) is 25.6 Å². The van der Waals surface area contributed by atoms with Crippen molar-refractivity contribution in [2.75, 3.05) is 10.5 Å². The number of nitrogens with zero attached hydrogens (tertiary/aromatic N) is 2. The van der Waals surface area contributed by atoms with E-state index in [1.165, 1.54) is 31.2 Å². The lowest BCUT2D eigenvalue weighted by molar-refractivity contribution is 0.371. The van der Waals surface area contributed by atoms with Crippen molar-refractivity contribution in [3.8, 4) is 0 Å². The maximum absolute atomic E-state index is 13.5. The van der Waals surface area contributed by atoms with Gasteiger partial charge < -0.3 is 0 Å². The van der Waals surface area contributed by atoms with Crippen LogP contribution >= 0.6 is 0 Å². The number of halogens is 2. The molecule has 0 saturated carbocycles. The Labute approximate surface area is 196 Å². The van der Waals surface area contributed by atoms with Gasteiger partial charge >= 0.3 is 0 Å². The zero-order valence-corrected chi connectivity index (χ0v) is 19.7. The molecule has 11 heteroatoms. The Kier molecular flexibility index (Phi) is 6.41. The van der Waals surface area contributed by atoms with Gasteiger partial charge in [-0.05, 0) is 66.6 Å². The van der Waals surface area contributed by atoms with Gasteiger partial charge in [-0.1, -0.05) is 24.3 Å². The molecule has 0 bridgehead atoms. The number of hydrazone groups is 1. The van der Waals surface area contributed by atoms with E-state index in [0.717, 1.165) is 28.7 Å². The third-order valence-electron chi connectivity index (χ3n) is 5.33. The first kappa shape index (κ1) is 23.8. The molecule has 3 aromatic carbocycles. The fourth-order valence-electron chi connectivity index (χ4n) is 3.55. The van der Waals surface area contributed by atoms with Gasteiger partial charge in [-0.25, -0.2) is 17.2 Å². The number of benzene rings is 3. The van der Waals surface area contributed by atoms with Crippen molar-refractivity contribution in [3.05, 3.63) is 95.6 Å². The second kappa shape index (κ2) is 9.15. The molecule has 0 unspecified atom stereocenters. The van der Waals surface area contributed by atoms with Crippen LogP contribution in [-0.4, -0.2) is 32.7 Å². The highest BCUT2D eigenvalue weighted by atomic mass is 32.2. The van der Waals surface area contributed by atoms with E-state index in [2.05, 4.69) is 9.82 Å². The summed E-state index contributed by atoms with van der Waals surface area (Å²) in [7, 11) is -7.68. The maximum Gasteiger partial charge on any atom is 0.279 e. The quantitative estimate of drug-likeness (QED) is 0.519. The lowest BCUT2D eigenvalue weighted by Gasteiger charge is -2.23. The molecule has 0 amide bonds. The molecular formula is C23H21F2N3O4S2. The Bertz CT molecular complexity index is 1440. The fraction of sp³-hybridized carbons (Fsp3) is 0.174. The Hall–Kier alpha value is -3.31. The standard InChI is InChI=1S/C23H21F2N3O4S2/c1-2-33(29,30)27-20-5-3-4-17(14-20)22-15-23(16-6-8-18(24)9-7-16)28(26-22)34(31,32)21-12-10-19(25)11-13-21/h3-14,23,27H,2,15H2,1H3/t23-/m1/s1. The summed E-state index contributed by atoms with van der Waals surface area (Å²) in [5.74, 6) is -1.15. The van der Waals surface area contributed by atoms with Gasteiger partial charge in [0.25, 0.3) is 10.0 Å². The Morgan fingerprint density at radius 1 is 0.941 bits per heavy atom. The molecule has 7 nitrogen and oxygen atoms in total. The van der Waals surface area contributed by atoms with Crippen LogP contribution in [0.15, 0.2) is 82.8 Å². The SMILES string of the molecule is CCS(=O)(=O)Nc1cccc(C2=NN(S(=O)(=O)c3ccc(F)cc3)[C@@H](c3ccc(F)cc3)C2)c1. The highest BCUT2D eigenvalue weighted by Gasteiger charge is 2.37. The maximum atomic E-state index is 13.5. The molecule has 1 aliphatic rings. The molecule has 0 fully saturated rings. The van der Waals surface area contributed by atoms with Crippen molar-refractivity contribution < 1.29 is 25.6 Å². The number of hydrogen-bond donors (Lipinski definition) is 1. The van der Waals surface area contributed by atoms with Gasteiger partial charge in [0, 0.05) is 12.1 Å². The predicted octanol–water partition coefficient (Wildman–Crippen LogP) is 4.27. The van der Waals surface area contributed by atoms with Crippen LogP contribution in [0.25, 0.3) is 0 Å². The summed E-state index contributed by atoms with van der Waals surface area (Å²) in [4.78, 5) is -0.143. The number of nitrogens with one attached hydrogen (secondary N) is 1. The van der Waals surface area contributed by atoms with Crippen molar-refractivity contribution in [2.24, 2.45) is 5.10 Å². The minimum Gasteiger partial charge on any atom is -0.284 e. The Morgan fingerprint density at radius 2 is 1.56 bits per heavy atom. The second-order valence-electron chi connectivity index (χ2n) is 7.64. The van der Waals surface area contributed by atoms with Gasteiger partial charge in [0.1, 0.15) is 11.6 Å². The van der Waals surface area contributed by atoms with Crippen LogP contribution in [0.1, 0.15) is 30.5 Å². The van der Waals surface area contributed by atoms with E-state index in [1.54, 1.807) is 24.3 Å². The smallest absolute Gasteiger partial charge is 0.279 e. The lowest BCUT2D eigenvalue weighted by atomic mass is 9.99. The zero-order chi connectivity index (χ0) is 24.5. The molecule has 34 heavy (non-hydrogen) atoms. The summed E-state index contributed by atoms with van der Waals surface area (Å²) in [5.41, 5.74) is 1.77. The zero-order valence-electron chi connectivity index (χ0n) is 18.0. The molecule has 1 aliphatic heterocycles. The topological polar surface area (TPSA) is 95.9 Å². The summed E-state index contributed by atoms with van der Waals surface area (Å²) in [6.07, 6.45) is 0.163. The second-order valence-corrected chi connectivity index (χ2v) is 11.4. The van der Waals surface area contributed by atoms with Crippen molar-refractivity contribution in [2.45, 2.75) is 24.3 Å². The number of rotatable bonds is 7. The van der Waals surface area contributed by atoms with Crippen LogP contribution in [0.3, 0.4) is 0 Å². The molecule has 1 heterocycles. The lowest BCUT2D eigenvalue weighted by Crippen LogP contribution is -2.27. The van der Waals surface area contributed by atoms with Gasteiger partial charge in [-0.3, -0.25) is 4.72 Å². The van der Waals surface area contributed by atoms with Gasteiger partial charge in [-0.15, -0.1) is 0 Å². The van der Waals surface area contributed by atoms with E-state index in [1.807, 2.05) is 0 Å². The first-order chi connectivity index (χ1) is 16.1. The Balaban J connectivity index is 1.76. The third-order valence-corrected chi connectivity index (χ3v) is 8.34. The van der Waals surface area contributed by atoms with Crippen molar-refractivity contribution in [1.82, 2.24) is 4.41 Å². The molecule has 0 aliphatic carbocycles. The van der Waals surface area contributed by atoms with E-state index < -0.39 is 37.7 Å². The van der Waals surface area contributed by atoms with Gasteiger partial charge in [0.05, 0.1) is 22.4 Å². The van der Waals surface area contributed by atoms with Crippen LogP contribution in [0.5, 0.6) is 0 Å². The number of sulfonamides is 2. The highest BCUT2D eigenvalue weighted by molar-refractivity contribution is 7.92. The predicted molar refractivity (Wildman–Crippen MR) is 125 cm³/mol. The molecule has 178 valence electrons. The van der Waals surface area contributed by atoms with Crippen molar-refractivity contribution in [3.63, 3.8) is 0 Å². The van der Waals surface area contributed by atoms with Crippen LogP contribution in [-0.2, 0) is 20.0 Å². The molecule has 3 aromatic rings. The molecule has 0 spiro atoms. The van der Waals surface area contributed by atoms with Crippen LogP contribution in [0, 0.1) is 11.6 Å². The number of anilines is 1. The highest BCUT2D eigenvalue weighted by Crippen LogP contribution is 2.37. The minimum absolute atomic E-state index is 0.103. The molecular weight excluding hydrogens is 484 g/mol. The van der Waals surface area contributed by atoms with E-state index >= 15 is 0 Å². The molecule has 0 saturated heterocycles. The summed E-state index contributed by atoms with van der Waals surface area (Å²) in [5, 5.41) is 4.36. The van der Waals surface area contributed by atoms with Gasteiger partial charge in [-0.2, -0.15) is 17.9 Å². The molecule has 1 atom stereocenters. The van der Waals surface area contributed by atoms with E-state index in [-0.39, 0.29) is 17.1 Å². The average molecular weight is 506 g/mol. The molecule has 4 rings (SSSR count). The fourth-order valence-corrected chi connectivity index (χ4v) is 5.61. The first-order valence-electron chi connectivity index (χ1n) is 10.3. The van der Waals surface area contributed by atoms with Crippen LogP contribution in [0.4, 0.5) is 14.5 Å². The molecule has 0 aromatic heterocycles. The molecule has 0 radical (unpaired) electrons. The van der Waals surface area contributed by atoms with Crippen LogP contribution < -0.4 is 4.72 Å². The largest absolute Gasteiger partial charge is 0.284 e.